The summed E-state index contributed by atoms with van der Waals surface area (Å²) in [5.74, 6) is -0.968. The summed E-state index contributed by atoms with van der Waals surface area (Å²) < 4.78 is 11.3. The smallest absolute Gasteiger partial charge is 0.200 e. The fourth-order valence-corrected chi connectivity index (χ4v) is 4.44. The number of halogens is 4. The summed E-state index contributed by atoms with van der Waals surface area (Å²) in [7, 11) is 0. The Labute approximate surface area is 206 Å². The number of anilines is 1. The zero-order chi connectivity index (χ0) is 22.0. The number of rotatable bonds is 6. The van der Waals surface area contributed by atoms with E-state index in [2.05, 4.69) is 33.0 Å². The van der Waals surface area contributed by atoms with Crippen molar-refractivity contribution in [2.75, 3.05) is 37.6 Å². The first kappa shape index (κ1) is 27.2. The van der Waals surface area contributed by atoms with Gasteiger partial charge in [0, 0.05) is 49.9 Å². The number of ketones is 1. The standard InChI is InChI=1S/C23H21Cl3FN3O.2H2O/c24-20(23(25,26)22(31)17-6-8-18(27)9-7-17)15-29-11-13-30(14-12-29)19-5-1-3-16-4-2-10-28-21(16)19;;/h1-10,20H,11-15H2;2*1H2. The fraction of sp³-hybridized carbons (Fsp3) is 0.304. The van der Waals surface area contributed by atoms with Gasteiger partial charge in [0.25, 0.3) is 0 Å². The van der Waals surface area contributed by atoms with Gasteiger partial charge in [0.2, 0.25) is 0 Å². The molecular weight excluding hydrogens is 492 g/mol. The number of benzene rings is 2. The molecule has 0 radical (unpaired) electrons. The molecule has 0 amide bonds. The molecule has 1 aromatic heterocycles. The van der Waals surface area contributed by atoms with Gasteiger partial charge in [0.15, 0.2) is 10.1 Å². The number of aromatic nitrogens is 1. The third-order valence-corrected chi connectivity index (χ3v) is 7.10. The number of nitrogens with zero attached hydrogens (tertiary/aromatic N) is 3. The number of hydrogen-bond donors (Lipinski definition) is 0. The van der Waals surface area contributed by atoms with Crippen LogP contribution in [0.15, 0.2) is 60.8 Å². The maximum Gasteiger partial charge on any atom is 0.200 e. The Balaban J connectivity index is 0.00000193. The molecule has 0 saturated carbocycles. The van der Waals surface area contributed by atoms with E-state index in [1.807, 2.05) is 12.1 Å². The Hall–Kier alpha value is -2.00. The highest BCUT2D eigenvalue weighted by molar-refractivity contribution is 6.63. The fourth-order valence-electron chi connectivity index (χ4n) is 3.79. The Bertz CT molecular complexity index is 1070. The molecule has 1 aliphatic rings. The molecule has 178 valence electrons. The monoisotopic (exact) mass is 515 g/mol. The number of carbonyl (C=O) groups excluding carboxylic acids is 1. The van der Waals surface area contributed by atoms with Crippen molar-refractivity contribution >= 4 is 57.2 Å². The Morgan fingerprint density at radius 2 is 1.64 bits per heavy atom. The van der Waals surface area contributed by atoms with Crippen molar-refractivity contribution in [3.63, 3.8) is 0 Å². The van der Waals surface area contributed by atoms with Gasteiger partial charge < -0.3 is 15.9 Å². The van der Waals surface area contributed by atoms with E-state index in [0.29, 0.717) is 6.54 Å². The molecule has 4 rings (SSSR count). The van der Waals surface area contributed by atoms with E-state index in [0.717, 1.165) is 42.8 Å². The van der Waals surface area contributed by atoms with E-state index in [1.54, 1.807) is 6.20 Å². The summed E-state index contributed by atoms with van der Waals surface area (Å²) in [5.41, 5.74) is 2.32. The summed E-state index contributed by atoms with van der Waals surface area (Å²) in [5, 5.41) is 0.288. The predicted octanol–water partition coefficient (Wildman–Crippen LogP) is 3.51. The van der Waals surface area contributed by atoms with Crippen LogP contribution in [-0.4, -0.2) is 69.1 Å². The van der Waals surface area contributed by atoms with E-state index in [9.17, 15) is 9.18 Å². The number of alkyl halides is 3. The van der Waals surface area contributed by atoms with E-state index in [4.69, 9.17) is 34.8 Å². The maximum atomic E-state index is 13.1. The molecule has 10 heteroatoms. The first-order chi connectivity index (χ1) is 14.9. The van der Waals surface area contributed by atoms with Crippen molar-refractivity contribution in [2.45, 2.75) is 9.71 Å². The molecule has 6 nitrogen and oxygen atoms in total. The van der Waals surface area contributed by atoms with Crippen LogP contribution in [-0.2, 0) is 0 Å². The Morgan fingerprint density at radius 3 is 2.30 bits per heavy atom. The van der Waals surface area contributed by atoms with Gasteiger partial charge in [-0.25, -0.2) is 4.39 Å². The maximum absolute atomic E-state index is 13.1. The van der Waals surface area contributed by atoms with Gasteiger partial charge in [-0.15, -0.1) is 11.6 Å². The summed E-state index contributed by atoms with van der Waals surface area (Å²) in [6, 6.07) is 15.3. The van der Waals surface area contributed by atoms with E-state index >= 15 is 0 Å². The average Bonchev–Trinajstić information content (AvgIpc) is 2.79. The van der Waals surface area contributed by atoms with Gasteiger partial charge >= 0.3 is 0 Å². The topological polar surface area (TPSA) is 99.4 Å². The number of fused-ring (bicyclic) bond motifs is 1. The largest absolute Gasteiger partial charge is 0.412 e. The lowest BCUT2D eigenvalue weighted by molar-refractivity contribution is 0.0964. The van der Waals surface area contributed by atoms with Crippen LogP contribution in [0.25, 0.3) is 10.9 Å². The molecule has 1 atom stereocenters. The molecule has 3 aromatic rings. The minimum atomic E-state index is -1.81. The minimum absolute atomic E-state index is 0. The van der Waals surface area contributed by atoms with Crippen molar-refractivity contribution in [1.29, 1.82) is 0 Å². The number of hydrogen-bond acceptors (Lipinski definition) is 4. The quantitative estimate of drug-likeness (QED) is 0.370. The first-order valence-electron chi connectivity index (χ1n) is 9.99. The summed E-state index contributed by atoms with van der Waals surface area (Å²) in [6.45, 7) is 3.46. The zero-order valence-corrected chi connectivity index (χ0v) is 19.9. The van der Waals surface area contributed by atoms with E-state index < -0.39 is 21.3 Å². The second-order valence-electron chi connectivity index (χ2n) is 7.57. The van der Waals surface area contributed by atoms with Gasteiger partial charge in [0.05, 0.1) is 16.6 Å². The SMILES string of the molecule is O.O.O=C(c1ccc(F)cc1)C(Cl)(Cl)C(Cl)CN1CCN(c2cccc3cccnc23)CC1. The average molecular weight is 517 g/mol. The van der Waals surface area contributed by atoms with Crippen LogP contribution in [0.2, 0.25) is 0 Å². The van der Waals surface area contributed by atoms with Crippen molar-refractivity contribution in [3.8, 4) is 0 Å². The number of pyridine rings is 1. The Kier molecular flexibility index (Phi) is 9.43. The molecule has 0 aliphatic carbocycles. The zero-order valence-electron chi connectivity index (χ0n) is 17.6. The third kappa shape index (κ3) is 5.93. The molecule has 2 heterocycles. The van der Waals surface area contributed by atoms with Crippen LogP contribution in [0, 0.1) is 5.82 Å². The molecule has 1 fully saturated rings. The molecule has 2 aromatic carbocycles. The molecule has 1 aliphatic heterocycles. The van der Waals surface area contributed by atoms with E-state index in [1.165, 1.54) is 24.3 Å². The predicted molar refractivity (Wildman–Crippen MR) is 132 cm³/mol. The number of piperazine rings is 1. The first-order valence-corrected chi connectivity index (χ1v) is 11.2. The van der Waals surface area contributed by atoms with Gasteiger partial charge in [-0.1, -0.05) is 41.4 Å². The van der Waals surface area contributed by atoms with Gasteiger partial charge in [-0.2, -0.15) is 0 Å². The van der Waals surface area contributed by atoms with Gasteiger partial charge in [0.1, 0.15) is 5.82 Å². The van der Waals surface area contributed by atoms with Crippen LogP contribution in [0.1, 0.15) is 10.4 Å². The summed E-state index contributed by atoms with van der Waals surface area (Å²) >= 11 is 19.2. The molecule has 0 spiro atoms. The number of para-hydroxylation sites is 1. The molecular formula is C23H25Cl3FN3O3. The lowest BCUT2D eigenvalue weighted by atomic mass is 10.0. The molecule has 1 unspecified atom stereocenters. The van der Waals surface area contributed by atoms with E-state index in [-0.39, 0.29) is 16.5 Å². The normalized spacial score (nSPS) is 15.5. The van der Waals surface area contributed by atoms with Gasteiger partial charge in [-0.05, 0) is 36.4 Å². The summed E-state index contributed by atoms with van der Waals surface area (Å²) in [4.78, 5) is 21.7. The molecule has 33 heavy (non-hydrogen) atoms. The highest BCUT2D eigenvalue weighted by Gasteiger charge is 2.42. The lowest BCUT2D eigenvalue weighted by Crippen LogP contribution is -2.51. The highest BCUT2D eigenvalue weighted by atomic mass is 35.5. The van der Waals surface area contributed by atoms with Crippen LogP contribution < -0.4 is 4.90 Å². The Morgan fingerprint density at radius 1 is 1.00 bits per heavy atom. The number of carbonyl (C=O) groups is 1. The van der Waals surface area contributed by atoms with Crippen LogP contribution in [0.4, 0.5) is 10.1 Å². The van der Waals surface area contributed by atoms with Crippen LogP contribution in [0.3, 0.4) is 0 Å². The van der Waals surface area contributed by atoms with Crippen molar-refractivity contribution in [1.82, 2.24) is 9.88 Å². The van der Waals surface area contributed by atoms with Crippen molar-refractivity contribution < 1.29 is 20.1 Å². The van der Waals surface area contributed by atoms with Crippen molar-refractivity contribution in [3.05, 3.63) is 72.2 Å². The lowest BCUT2D eigenvalue weighted by Gasteiger charge is -2.38. The second kappa shape index (κ2) is 11.4. The molecule has 1 saturated heterocycles. The second-order valence-corrected chi connectivity index (χ2v) is 9.48. The van der Waals surface area contributed by atoms with Crippen molar-refractivity contribution in [2.24, 2.45) is 0 Å². The minimum Gasteiger partial charge on any atom is -0.412 e. The number of Topliss-reactive ketones (excluding diaryl/α,β-unsaturated/α-hetero) is 1. The molecule has 4 N–H and O–H groups in total. The third-order valence-electron chi connectivity index (χ3n) is 5.55. The highest BCUT2D eigenvalue weighted by Crippen LogP contribution is 2.34. The molecule has 0 bridgehead atoms. The van der Waals surface area contributed by atoms with Gasteiger partial charge in [-0.3, -0.25) is 14.7 Å². The summed E-state index contributed by atoms with van der Waals surface area (Å²) in [6.07, 6.45) is 1.80. The van der Waals surface area contributed by atoms with Crippen LogP contribution >= 0.6 is 34.8 Å². The van der Waals surface area contributed by atoms with Crippen LogP contribution in [0.5, 0.6) is 0 Å².